The van der Waals surface area contributed by atoms with E-state index in [0.29, 0.717) is 13.2 Å². The predicted octanol–water partition coefficient (Wildman–Crippen LogP) is 0.815. The fourth-order valence-corrected chi connectivity index (χ4v) is 0.829. The first-order chi connectivity index (χ1) is 5.43. The summed E-state index contributed by atoms with van der Waals surface area (Å²) in [6.07, 6.45) is 0. The molecule has 0 saturated heterocycles. The molecule has 0 atom stereocenters. The molecule has 0 aromatic heterocycles. The van der Waals surface area contributed by atoms with Crippen molar-refractivity contribution in [3.05, 3.63) is 35.9 Å². The molecule has 0 aliphatic carbocycles. The molecule has 0 unspecified atom stereocenters. The van der Waals surface area contributed by atoms with Crippen molar-refractivity contribution in [3.8, 4) is 0 Å². The molecule has 0 fully saturated rings. The number of hydrogen-bond donors (Lipinski definition) is 1. The van der Waals surface area contributed by atoms with Gasteiger partial charge in [0.25, 0.3) is 0 Å². The van der Waals surface area contributed by atoms with Gasteiger partial charge in [-0.2, -0.15) is 0 Å². The molecule has 1 radical (unpaired) electrons. The van der Waals surface area contributed by atoms with Gasteiger partial charge in [0.05, 0.1) is 19.8 Å². The van der Waals surface area contributed by atoms with Crippen LogP contribution in [0.5, 0.6) is 0 Å². The molecule has 0 aliphatic rings. The molecule has 1 rings (SSSR count). The Morgan fingerprint density at radius 1 is 1.17 bits per heavy atom. The first-order valence-corrected chi connectivity index (χ1v) is 3.66. The van der Waals surface area contributed by atoms with E-state index < -0.39 is 0 Å². The second-order valence-corrected chi connectivity index (χ2v) is 2.26. The van der Waals surface area contributed by atoms with Crippen LogP contribution in [0.4, 0.5) is 0 Å². The molecule has 12 heavy (non-hydrogen) atoms. The number of aliphatic hydroxyl groups excluding tert-OH is 1. The molecule has 0 saturated carbocycles. The molecule has 0 aliphatic heterocycles. The maximum Gasteiger partial charge on any atom is 0.0718 e. The number of aliphatic hydroxyl groups is 1. The fourth-order valence-electron chi connectivity index (χ4n) is 0.829. The van der Waals surface area contributed by atoms with Gasteiger partial charge in [-0.05, 0) is 5.56 Å². The minimum Gasteiger partial charge on any atom is -0.394 e. The van der Waals surface area contributed by atoms with E-state index in [9.17, 15) is 0 Å². The van der Waals surface area contributed by atoms with E-state index in [1.807, 2.05) is 30.3 Å². The summed E-state index contributed by atoms with van der Waals surface area (Å²) in [6.45, 7) is 1.09. The van der Waals surface area contributed by atoms with Crippen LogP contribution in [0.25, 0.3) is 0 Å². The van der Waals surface area contributed by atoms with Gasteiger partial charge in [-0.15, -0.1) is 0 Å². The van der Waals surface area contributed by atoms with Crippen molar-refractivity contribution in [2.75, 3.05) is 13.2 Å². The minimum atomic E-state index is 0. The van der Waals surface area contributed by atoms with Crippen molar-refractivity contribution in [2.45, 2.75) is 6.61 Å². The van der Waals surface area contributed by atoms with Gasteiger partial charge < -0.3 is 9.84 Å². The molecule has 1 aromatic rings. The van der Waals surface area contributed by atoms with Crippen LogP contribution < -0.4 is 0 Å². The van der Waals surface area contributed by atoms with E-state index in [2.05, 4.69) is 0 Å². The van der Waals surface area contributed by atoms with Crippen LogP contribution in [0.2, 0.25) is 0 Å². The summed E-state index contributed by atoms with van der Waals surface area (Å²) < 4.78 is 5.12. The first-order valence-electron chi connectivity index (χ1n) is 3.66. The third kappa shape index (κ3) is 4.91. The number of ether oxygens (including phenoxy) is 1. The summed E-state index contributed by atoms with van der Waals surface area (Å²) in [5.74, 6) is 0. The number of hydrogen-bond acceptors (Lipinski definition) is 2. The van der Waals surface area contributed by atoms with Crippen LogP contribution in [0.3, 0.4) is 0 Å². The van der Waals surface area contributed by atoms with Crippen LogP contribution in [0.1, 0.15) is 5.56 Å². The van der Waals surface area contributed by atoms with Gasteiger partial charge in [0.1, 0.15) is 0 Å². The van der Waals surface area contributed by atoms with Crippen molar-refractivity contribution in [2.24, 2.45) is 0 Å². The topological polar surface area (TPSA) is 29.5 Å². The smallest absolute Gasteiger partial charge is 0.0718 e. The summed E-state index contributed by atoms with van der Waals surface area (Å²) >= 11 is 0. The molecule has 0 spiro atoms. The Morgan fingerprint density at radius 2 is 1.83 bits per heavy atom. The summed E-state index contributed by atoms with van der Waals surface area (Å²) in [5, 5.41) is 8.42. The number of benzene rings is 1. The Labute approximate surface area is 94.8 Å². The molecular weight excluding hydrogens is 163 g/mol. The van der Waals surface area contributed by atoms with Crippen LogP contribution in [-0.4, -0.2) is 47.9 Å². The molecule has 0 heterocycles. The van der Waals surface area contributed by atoms with Crippen LogP contribution in [-0.2, 0) is 11.3 Å². The third-order valence-corrected chi connectivity index (χ3v) is 1.35. The van der Waals surface area contributed by atoms with Crippen molar-refractivity contribution in [1.29, 1.82) is 0 Å². The second-order valence-electron chi connectivity index (χ2n) is 2.26. The fraction of sp³-hybridized carbons (Fsp3) is 0.333. The minimum absolute atomic E-state index is 0. The van der Waals surface area contributed by atoms with Crippen molar-refractivity contribution in [1.82, 2.24) is 0 Å². The molecule has 1 N–H and O–H groups in total. The zero-order chi connectivity index (χ0) is 7.94. The Kier molecular flexibility index (Phi) is 7.86. The van der Waals surface area contributed by atoms with Gasteiger partial charge in [-0.25, -0.2) is 0 Å². The average Bonchev–Trinajstić information content (AvgIpc) is 2.07. The van der Waals surface area contributed by atoms with Crippen LogP contribution >= 0.6 is 0 Å². The van der Waals surface area contributed by atoms with Crippen molar-refractivity contribution >= 4 is 29.6 Å². The quantitative estimate of drug-likeness (QED) is 0.542. The largest absolute Gasteiger partial charge is 0.394 e. The predicted molar refractivity (Wildman–Crippen MR) is 48.9 cm³/mol. The molecule has 2 nitrogen and oxygen atoms in total. The van der Waals surface area contributed by atoms with E-state index in [1.165, 1.54) is 0 Å². The Hall–Kier alpha value is 0.140. The zero-order valence-corrected chi connectivity index (χ0v) is 9.36. The van der Waals surface area contributed by atoms with Gasteiger partial charge in [0.15, 0.2) is 0 Å². The van der Waals surface area contributed by atoms with Gasteiger partial charge in [-0.3, -0.25) is 0 Å². The monoisotopic (exact) mass is 175 g/mol. The van der Waals surface area contributed by atoms with Gasteiger partial charge in [-0.1, -0.05) is 30.3 Å². The second kappa shape index (κ2) is 7.77. The molecule has 0 bridgehead atoms. The van der Waals surface area contributed by atoms with E-state index in [-0.39, 0.29) is 36.2 Å². The number of rotatable bonds is 4. The molecular formula is C9H12NaO2. The normalized spacial score (nSPS) is 9.08. The van der Waals surface area contributed by atoms with Gasteiger partial charge in [0, 0.05) is 29.6 Å². The molecule has 61 valence electrons. The van der Waals surface area contributed by atoms with E-state index in [0.717, 1.165) is 5.56 Å². The summed E-state index contributed by atoms with van der Waals surface area (Å²) in [6, 6.07) is 9.90. The standard InChI is InChI=1S/C9H12O2.Na/c10-6-7-11-8-9-4-2-1-3-5-9;/h1-5,10H,6-8H2;. The van der Waals surface area contributed by atoms with Crippen LogP contribution in [0.15, 0.2) is 30.3 Å². The molecule has 0 amide bonds. The van der Waals surface area contributed by atoms with Crippen LogP contribution in [0, 0.1) is 0 Å². The van der Waals surface area contributed by atoms with E-state index in [1.54, 1.807) is 0 Å². The average molecular weight is 175 g/mol. The van der Waals surface area contributed by atoms with E-state index in [4.69, 9.17) is 9.84 Å². The maximum absolute atomic E-state index is 8.42. The Morgan fingerprint density at radius 3 is 2.42 bits per heavy atom. The maximum atomic E-state index is 8.42. The molecule has 3 heteroatoms. The Bertz CT molecular complexity index is 189. The SMILES string of the molecule is OCCOCc1ccccc1.[Na]. The van der Waals surface area contributed by atoms with Crippen molar-refractivity contribution in [3.63, 3.8) is 0 Å². The summed E-state index contributed by atoms with van der Waals surface area (Å²) in [5.41, 5.74) is 1.14. The third-order valence-electron chi connectivity index (χ3n) is 1.35. The van der Waals surface area contributed by atoms with E-state index >= 15 is 0 Å². The zero-order valence-electron chi connectivity index (χ0n) is 7.36. The Balaban J connectivity index is 0.00000121. The summed E-state index contributed by atoms with van der Waals surface area (Å²) in [7, 11) is 0. The summed E-state index contributed by atoms with van der Waals surface area (Å²) in [4.78, 5) is 0. The van der Waals surface area contributed by atoms with Gasteiger partial charge in [0.2, 0.25) is 0 Å². The first kappa shape index (κ1) is 12.1. The van der Waals surface area contributed by atoms with Gasteiger partial charge >= 0.3 is 0 Å². The van der Waals surface area contributed by atoms with Crippen molar-refractivity contribution < 1.29 is 9.84 Å². The molecule has 1 aromatic carbocycles.